The first kappa shape index (κ1) is 15.5. The Bertz CT molecular complexity index is 364. The summed E-state index contributed by atoms with van der Waals surface area (Å²) in [6, 6.07) is 9.20. The summed E-state index contributed by atoms with van der Waals surface area (Å²) in [6.07, 6.45) is 1.21. The van der Waals surface area contributed by atoms with Crippen LogP contribution in [0.2, 0.25) is 0 Å². The summed E-state index contributed by atoms with van der Waals surface area (Å²) in [4.78, 5) is 2.53. The highest BCUT2D eigenvalue weighted by Crippen LogP contribution is 2.19. The first-order chi connectivity index (χ1) is 9.79. The van der Waals surface area contributed by atoms with Crippen LogP contribution in [0.25, 0.3) is 0 Å². The van der Waals surface area contributed by atoms with Crippen molar-refractivity contribution in [1.29, 1.82) is 0 Å². The van der Waals surface area contributed by atoms with E-state index in [2.05, 4.69) is 53.6 Å². The molecule has 1 aliphatic rings. The molecule has 3 nitrogen and oxygen atoms in total. The lowest BCUT2D eigenvalue weighted by Crippen LogP contribution is -2.33. The third-order valence-electron chi connectivity index (χ3n) is 4.26. The highest BCUT2D eigenvalue weighted by Gasteiger charge is 2.08. The molecule has 1 fully saturated rings. The van der Waals surface area contributed by atoms with Gasteiger partial charge in [-0.2, -0.15) is 0 Å². The largest absolute Gasteiger partial charge is 0.314 e. The van der Waals surface area contributed by atoms with Gasteiger partial charge >= 0.3 is 0 Å². The number of rotatable bonds is 4. The molecule has 0 amide bonds. The lowest BCUT2D eigenvalue weighted by Gasteiger charge is -2.22. The van der Waals surface area contributed by atoms with E-state index >= 15 is 0 Å². The van der Waals surface area contributed by atoms with Crippen molar-refractivity contribution >= 4 is 0 Å². The average Bonchev–Trinajstić information content (AvgIpc) is 2.61. The summed E-state index contributed by atoms with van der Waals surface area (Å²) in [5, 5.41) is 6.94. The molecule has 20 heavy (non-hydrogen) atoms. The van der Waals surface area contributed by atoms with Crippen LogP contribution >= 0.6 is 0 Å². The zero-order chi connectivity index (χ0) is 14.2. The van der Waals surface area contributed by atoms with Crippen molar-refractivity contribution in [1.82, 2.24) is 15.5 Å². The maximum absolute atomic E-state index is 3.47. The van der Waals surface area contributed by atoms with E-state index in [-0.39, 0.29) is 0 Å². The fraction of sp³-hybridized carbons (Fsp3) is 0.647. The van der Waals surface area contributed by atoms with Gasteiger partial charge < -0.3 is 10.6 Å². The normalized spacial score (nSPS) is 19.9. The van der Waals surface area contributed by atoms with Crippen LogP contribution in [-0.4, -0.2) is 44.2 Å². The van der Waals surface area contributed by atoms with Gasteiger partial charge in [-0.25, -0.2) is 0 Å². The van der Waals surface area contributed by atoms with Gasteiger partial charge in [0.1, 0.15) is 0 Å². The van der Waals surface area contributed by atoms with Crippen LogP contribution in [0.3, 0.4) is 0 Å². The molecule has 1 atom stereocenters. The number of hydrogen-bond acceptors (Lipinski definition) is 3. The zero-order valence-corrected chi connectivity index (χ0v) is 13.0. The second kappa shape index (κ2) is 8.40. The molecule has 1 unspecified atom stereocenters. The Hall–Kier alpha value is -0.900. The lowest BCUT2D eigenvalue weighted by atomic mass is 9.97. The Labute approximate surface area is 123 Å². The van der Waals surface area contributed by atoms with E-state index in [9.17, 15) is 0 Å². The van der Waals surface area contributed by atoms with Crippen molar-refractivity contribution < 1.29 is 0 Å². The number of nitrogens with zero attached hydrogens (tertiary/aromatic N) is 1. The van der Waals surface area contributed by atoms with Crippen LogP contribution in [0.4, 0.5) is 0 Å². The van der Waals surface area contributed by atoms with Gasteiger partial charge in [0.25, 0.3) is 0 Å². The molecular weight excluding hydrogens is 246 g/mol. The summed E-state index contributed by atoms with van der Waals surface area (Å²) in [6.45, 7) is 12.2. The van der Waals surface area contributed by atoms with Crippen molar-refractivity contribution in [2.75, 3.05) is 39.3 Å². The van der Waals surface area contributed by atoms with Crippen LogP contribution in [0.5, 0.6) is 0 Å². The molecule has 0 spiro atoms. The molecule has 0 radical (unpaired) electrons. The van der Waals surface area contributed by atoms with Crippen LogP contribution in [-0.2, 0) is 6.54 Å². The summed E-state index contributed by atoms with van der Waals surface area (Å²) in [5.74, 6) is 0.669. The smallest absolute Gasteiger partial charge is 0.0234 e. The average molecular weight is 275 g/mol. The Morgan fingerprint density at radius 3 is 2.15 bits per heavy atom. The van der Waals surface area contributed by atoms with Gasteiger partial charge in [-0.15, -0.1) is 0 Å². The quantitative estimate of drug-likeness (QED) is 0.882. The first-order valence-corrected chi connectivity index (χ1v) is 8.02. The van der Waals surface area contributed by atoms with Gasteiger partial charge in [0.15, 0.2) is 0 Å². The van der Waals surface area contributed by atoms with Crippen molar-refractivity contribution in [2.45, 2.75) is 32.7 Å². The van der Waals surface area contributed by atoms with E-state index in [1.54, 1.807) is 0 Å². The van der Waals surface area contributed by atoms with Crippen molar-refractivity contribution in [3.05, 3.63) is 35.4 Å². The summed E-state index contributed by atoms with van der Waals surface area (Å²) in [5.41, 5.74) is 2.89. The number of benzene rings is 1. The standard InChI is InChI=1S/C17H29N3/c1-3-15(2)17-6-4-16(5-7-17)14-20-12-10-18-8-9-19-11-13-20/h4-7,15,18-19H,3,8-14H2,1-2H3. The minimum absolute atomic E-state index is 0.669. The monoisotopic (exact) mass is 275 g/mol. The van der Waals surface area contributed by atoms with Crippen molar-refractivity contribution in [2.24, 2.45) is 0 Å². The highest BCUT2D eigenvalue weighted by atomic mass is 15.2. The maximum Gasteiger partial charge on any atom is 0.0234 e. The topological polar surface area (TPSA) is 27.3 Å². The molecule has 3 heteroatoms. The van der Waals surface area contributed by atoms with Gasteiger partial charge in [-0.3, -0.25) is 4.90 Å². The number of nitrogens with one attached hydrogen (secondary N) is 2. The highest BCUT2D eigenvalue weighted by molar-refractivity contribution is 5.25. The Morgan fingerprint density at radius 1 is 1.00 bits per heavy atom. The van der Waals surface area contributed by atoms with E-state index in [0.717, 1.165) is 45.8 Å². The molecule has 2 rings (SSSR count). The predicted molar refractivity (Wildman–Crippen MR) is 86.2 cm³/mol. The number of hydrogen-bond donors (Lipinski definition) is 2. The van der Waals surface area contributed by atoms with Crippen LogP contribution < -0.4 is 10.6 Å². The third-order valence-corrected chi connectivity index (χ3v) is 4.26. The molecule has 1 aromatic carbocycles. The Kier molecular flexibility index (Phi) is 6.51. The second-order valence-electron chi connectivity index (χ2n) is 5.83. The van der Waals surface area contributed by atoms with Gasteiger partial charge in [-0.1, -0.05) is 38.1 Å². The molecule has 0 aliphatic carbocycles. The van der Waals surface area contributed by atoms with Crippen LogP contribution in [0.15, 0.2) is 24.3 Å². The van der Waals surface area contributed by atoms with Crippen molar-refractivity contribution in [3.8, 4) is 0 Å². The van der Waals surface area contributed by atoms with E-state index < -0.39 is 0 Å². The Balaban J connectivity index is 1.90. The van der Waals surface area contributed by atoms with E-state index in [0.29, 0.717) is 5.92 Å². The predicted octanol–water partition coefficient (Wildman–Crippen LogP) is 2.19. The van der Waals surface area contributed by atoms with Crippen LogP contribution in [0, 0.1) is 0 Å². The van der Waals surface area contributed by atoms with E-state index in [1.165, 1.54) is 17.5 Å². The molecule has 1 aromatic rings. The first-order valence-electron chi connectivity index (χ1n) is 8.02. The Morgan fingerprint density at radius 2 is 1.60 bits per heavy atom. The molecule has 112 valence electrons. The van der Waals surface area contributed by atoms with E-state index in [1.807, 2.05) is 0 Å². The molecular formula is C17H29N3. The van der Waals surface area contributed by atoms with Gasteiger partial charge in [0.05, 0.1) is 0 Å². The third kappa shape index (κ3) is 4.89. The molecule has 0 saturated carbocycles. The molecule has 0 aromatic heterocycles. The van der Waals surface area contributed by atoms with Gasteiger partial charge in [-0.05, 0) is 23.5 Å². The second-order valence-corrected chi connectivity index (χ2v) is 5.83. The molecule has 1 aliphatic heterocycles. The minimum atomic E-state index is 0.669. The SMILES string of the molecule is CCC(C)c1ccc(CN2CCNCCNCC2)cc1. The van der Waals surface area contributed by atoms with Crippen LogP contribution in [0.1, 0.15) is 37.3 Å². The zero-order valence-electron chi connectivity index (χ0n) is 13.0. The fourth-order valence-electron chi connectivity index (χ4n) is 2.62. The molecule has 1 heterocycles. The minimum Gasteiger partial charge on any atom is -0.314 e. The summed E-state index contributed by atoms with van der Waals surface area (Å²) < 4.78 is 0. The van der Waals surface area contributed by atoms with Gasteiger partial charge in [0.2, 0.25) is 0 Å². The van der Waals surface area contributed by atoms with Gasteiger partial charge in [0, 0.05) is 45.8 Å². The fourth-order valence-corrected chi connectivity index (χ4v) is 2.62. The summed E-state index contributed by atoms with van der Waals surface area (Å²) in [7, 11) is 0. The molecule has 0 bridgehead atoms. The maximum atomic E-state index is 3.47. The lowest BCUT2D eigenvalue weighted by molar-refractivity contribution is 0.272. The molecule has 1 saturated heterocycles. The van der Waals surface area contributed by atoms with E-state index in [4.69, 9.17) is 0 Å². The van der Waals surface area contributed by atoms with Crippen molar-refractivity contribution in [3.63, 3.8) is 0 Å². The molecule has 2 N–H and O–H groups in total. The summed E-state index contributed by atoms with van der Waals surface area (Å²) >= 11 is 0.